The van der Waals surface area contributed by atoms with Crippen LogP contribution < -0.4 is 16.4 Å². The van der Waals surface area contributed by atoms with E-state index in [1.165, 1.54) is 11.0 Å². The van der Waals surface area contributed by atoms with Crippen molar-refractivity contribution in [2.24, 2.45) is 11.8 Å². The second-order valence-corrected chi connectivity index (χ2v) is 14.4. The summed E-state index contributed by atoms with van der Waals surface area (Å²) in [6.07, 6.45) is -1.43. The number of carbonyl (C=O) groups is 3. The number of benzene rings is 1. The molecule has 5 heterocycles. The van der Waals surface area contributed by atoms with Crippen LogP contribution >= 0.6 is 22.9 Å². The minimum absolute atomic E-state index is 0.0712. The van der Waals surface area contributed by atoms with E-state index in [0.29, 0.717) is 57.4 Å². The fourth-order valence-electron chi connectivity index (χ4n) is 7.59. The van der Waals surface area contributed by atoms with E-state index in [1.807, 2.05) is 15.7 Å². The van der Waals surface area contributed by atoms with Crippen LogP contribution in [0.3, 0.4) is 0 Å². The zero-order valence-corrected chi connectivity index (χ0v) is 28.3. The molecule has 4 amide bonds. The number of nitrogens with two attached hydrogens (primary N) is 1. The molecule has 0 spiro atoms. The van der Waals surface area contributed by atoms with Crippen molar-refractivity contribution in [1.82, 2.24) is 20.0 Å². The third-order valence-electron chi connectivity index (χ3n) is 10.4. The molecule has 10 nitrogen and oxygen atoms in total. The molecule has 4 aliphatic rings. The molecule has 2 aromatic rings. The lowest BCUT2D eigenvalue weighted by Gasteiger charge is -2.39. The first kappa shape index (κ1) is 34.6. The second-order valence-electron chi connectivity index (χ2n) is 13.3. The second kappa shape index (κ2) is 14.7. The van der Waals surface area contributed by atoms with Crippen LogP contribution in [0.2, 0.25) is 5.02 Å². The van der Waals surface area contributed by atoms with Gasteiger partial charge in [-0.25, -0.2) is 9.59 Å². The molecule has 1 atom stereocenters. The summed E-state index contributed by atoms with van der Waals surface area (Å²) in [7, 11) is 0. The summed E-state index contributed by atoms with van der Waals surface area (Å²) in [5.74, 6) is 0.671. The van der Waals surface area contributed by atoms with Crippen molar-refractivity contribution in [2.45, 2.75) is 69.7 Å². The summed E-state index contributed by atoms with van der Waals surface area (Å²) in [4.78, 5) is 45.4. The van der Waals surface area contributed by atoms with Gasteiger partial charge in [0.25, 0.3) is 5.91 Å². The van der Waals surface area contributed by atoms with E-state index in [2.05, 4.69) is 10.6 Å². The number of anilines is 2. The number of nitrogens with zero attached hydrogens (tertiary/aromatic N) is 3. The molecule has 4 aliphatic heterocycles. The molecule has 6 rings (SSSR count). The molecule has 4 N–H and O–H groups in total. The van der Waals surface area contributed by atoms with E-state index >= 15 is 0 Å². The van der Waals surface area contributed by atoms with E-state index < -0.39 is 35.5 Å². The maximum atomic E-state index is 13.9. The fraction of sp³-hybridized carbons (Fsp3) is 0.606. The number of fused-ring (bicyclic) bond motifs is 1. The molecule has 15 heteroatoms. The third-order valence-corrected chi connectivity index (χ3v) is 11.5. The molecule has 1 aromatic carbocycles. The standard InChI is InChI=1S/C33H42ClF3N6O4S/c34-26-16-20(15-25(29(26)38)33(35,36)37)17-28(30(44)41-10-3-22(4-11-41)21-1-8-39-9-2-21)47-32(46)42-12-6-24(7-13-42)43-14-5-23-18-48-19-27(23)40-31(43)45/h15-16,18-19,21-22,24,28,39H,1-14,17,38H2,(H,40,45)/t28-/m1/s1. The fourth-order valence-corrected chi connectivity index (χ4v) is 8.66. The molecule has 0 radical (unpaired) electrons. The van der Waals surface area contributed by atoms with Gasteiger partial charge in [0.05, 0.1) is 22.0 Å². The Morgan fingerprint density at radius 1 is 0.979 bits per heavy atom. The van der Waals surface area contributed by atoms with Crippen LogP contribution in [-0.2, 0) is 28.5 Å². The number of hydrogen-bond acceptors (Lipinski definition) is 7. The lowest BCUT2D eigenvalue weighted by atomic mass is 9.79. The number of halogens is 4. The number of urea groups is 1. The van der Waals surface area contributed by atoms with Gasteiger partial charge in [0, 0.05) is 50.6 Å². The highest BCUT2D eigenvalue weighted by Gasteiger charge is 2.38. The highest BCUT2D eigenvalue weighted by molar-refractivity contribution is 7.08. The Morgan fingerprint density at radius 2 is 1.65 bits per heavy atom. The number of nitrogen functional groups attached to an aromatic ring is 1. The van der Waals surface area contributed by atoms with Gasteiger partial charge in [-0.05, 0) is 98.5 Å². The van der Waals surface area contributed by atoms with Gasteiger partial charge in [0.15, 0.2) is 6.10 Å². The molecule has 0 saturated carbocycles. The summed E-state index contributed by atoms with van der Waals surface area (Å²) in [5, 5.41) is 10.0. The zero-order valence-electron chi connectivity index (χ0n) is 26.7. The van der Waals surface area contributed by atoms with Crippen LogP contribution in [0.15, 0.2) is 22.9 Å². The maximum absolute atomic E-state index is 13.9. The Morgan fingerprint density at radius 3 is 2.33 bits per heavy atom. The average molecular weight is 711 g/mol. The molecule has 0 unspecified atom stereocenters. The Balaban J connectivity index is 1.12. The normalized spacial score (nSPS) is 21.0. The first-order valence-corrected chi connectivity index (χ1v) is 18.0. The lowest BCUT2D eigenvalue weighted by Crippen LogP contribution is -2.52. The van der Waals surface area contributed by atoms with Crippen LogP contribution in [0.5, 0.6) is 0 Å². The van der Waals surface area contributed by atoms with Crippen molar-refractivity contribution >= 4 is 52.3 Å². The van der Waals surface area contributed by atoms with Crippen molar-refractivity contribution < 1.29 is 32.3 Å². The van der Waals surface area contributed by atoms with Gasteiger partial charge in [0.1, 0.15) is 0 Å². The van der Waals surface area contributed by atoms with Crippen molar-refractivity contribution in [1.29, 1.82) is 0 Å². The van der Waals surface area contributed by atoms with E-state index in [-0.39, 0.29) is 29.1 Å². The van der Waals surface area contributed by atoms with Gasteiger partial charge in [-0.3, -0.25) is 4.79 Å². The summed E-state index contributed by atoms with van der Waals surface area (Å²) >= 11 is 7.65. The lowest BCUT2D eigenvalue weighted by molar-refractivity contribution is -0.142. The van der Waals surface area contributed by atoms with Gasteiger partial charge in [-0.15, -0.1) is 11.3 Å². The summed E-state index contributed by atoms with van der Waals surface area (Å²) in [6.45, 7) is 4.15. The van der Waals surface area contributed by atoms with Gasteiger partial charge < -0.3 is 35.8 Å². The largest absolute Gasteiger partial charge is 0.436 e. The molecule has 0 aliphatic carbocycles. The van der Waals surface area contributed by atoms with Gasteiger partial charge in [-0.1, -0.05) is 11.6 Å². The van der Waals surface area contributed by atoms with Crippen LogP contribution in [0.25, 0.3) is 0 Å². The van der Waals surface area contributed by atoms with Crippen molar-refractivity contribution in [2.75, 3.05) is 56.9 Å². The Bertz CT molecular complexity index is 1490. The number of thiophene rings is 1. The first-order chi connectivity index (χ1) is 23.0. The average Bonchev–Trinajstić information content (AvgIpc) is 3.45. The quantitative estimate of drug-likeness (QED) is 0.324. The number of rotatable bonds is 6. The number of likely N-dealkylation sites (tertiary alicyclic amines) is 2. The number of carbonyl (C=O) groups excluding carboxylic acids is 3. The number of nitrogens with one attached hydrogen (secondary N) is 2. The molecule has 262 valence electrons. The molecule has 3 fully saturated rings. The van der Waals surface area contributed by atoms with E-state index in [1.54, 1.807) is 16.2 Å². The van der Waals surface area contributed by atoms with Crippen molar-refractivity contribution in [3.05, 3.63) is 44.6 Å². The summed E-state index contributed by atoms with van der Waals surface area (Å²) < 4.78 is 47.1. The van der Waals surface area contributed by atoms with Gasteiger partial charge >= 0.3 is 18.3 Å². The molecule has 3 saturated heterocycles. The number of alkyl halides is 3. The van der Waals surface area contributed by atoms with E-state index in [0.717, 1.165) is 62.5 Å². The van der Waals surface area contributed by atoms with Crippen molar-refractivity contribution in [3.8, 4) is 0 Å². The summed E-state index contributed by atoms with van der Waals surface area (Å²) in [5.41, 5.74) is 5.99. The number of ether oxygens (including phenoxy) is 1. The number of piperidine rings is 3. The SMILES string of the molecule is Nc1c(Cl)cc(C[C@@H](OC(=O)N2CCC(N3CCc4cscc4NC3=O)CC2)C(=O)N2CCC(C3CCNCC3)CC2)cc1C(F)(F)F. The first-order valence-electron chi connectivity index (χ1n) is 16.7. The van der Waals surface area contributed by atoms with Crippen LogP contribution in [0.4, 0.5) is 34.1 Å². The molecular formula is C33H42ClF3N6O4S. The predicted molar refractivity (Wildman–Crippen MR) is 178 cm³/mol. The van der Waals surface area contributed by atoms with E-state index in [4.69, 9.17) is 22.1 Å². The van der Waals surface area contributed by atoms with Crippen LogP contribution in [0.1, 0.15) is 55.2 Å². The number of hydrogen-bond donors (Lipinski definition) is 3. The Hall–Kier alpha value is -3.23. The van der Waals surface area contributed by atoms with Crippen LogP contribution in [-0.4, -0.2) is 90.7 Å². The zero-order chi connectivity index (χ0) is 34.0. The maximum Gasteiger partial charge on any atom is 0.418 e. The predicted octanol–water partition coefficient (Wildman–Crippen LogP) is 5.84. The molecule has 0 bridgehead atoms. The van der Waals surface area contributed by atoms with Gasteiger partial charge in [0.2, 0.25) is 0 Å². The van der Waals surface area contributed by atoms with Crippen molar-refractivity contribution in [3.63, 3.8) is 0 Å². The molecule has 48 heavy (non-hydrogen) atoms. The summed E-state index contributed by atoms with van der Waals surface area (Å²) in [6, 6.07) is 1.93. The minimum Gasteiger partial charge on any atom is -0.436 e. The van der Waals surface area contributed by atoms with E-state index in [9.17, 15) is 27.6 Å². The highest BCUT2D eigenvalue weighted by Crippen LogP contribution is 2.38. The van der Waals surface area contributed by atoms with Gasteiger partial charge in [-0.2, -0.15) is 13.2 Å². The van der Waals surface area contributed by atoms with Crippen LogP contribution in [0, 0.1) is 11.8 Å². The Kier molecular flexibility index (Phi) is 10.6. The highest BCUT2D eigenvalue weighted by atomic mass is 35.5. The molecule has 1 aromatic heterocycles. The minimum atomic E-state index is -4.75. The smallest absolute Gasteiger partial charge is 0.418 e. The third kappa shape index (κ3) is 7.81. The number of amides is 4. The Labute approximate surface area is 287 Å². The molecular weight excluding hydrogens is 669 g/mol. The topological polar surface area (TPSA) is 120 Å². The monoisotopic (exact) mass is 710 g/mol.